The Hall–Kier alpha value is -4.03. The van der Waals surface area contributed by atoms with Crippen molar-refractivity contribution in [1.29, 1.82) is 0 Å². The van der Waals surface area contributed by atoms with Crippen molar-refractivity contribution in [3.63, 3.8) is 0 Å². The van der Waals surface area contributed by atoms with Gasteiger partial charge in [0.05, 0.1) is 12.4 Å². The zero-order valence-corrected chi connectivity index (χ0v) is 23.4. The zero-order chi connectivity index (χ0) is 28.6. The standard InChI is InChI=1S/C28H26F2N4O4S2/c1-4-13-34-25(17(3)38-22-12-11-19(29)14-21(22)30)32-33-28(34)40-16-23(35)31-26-24(27(36)37-5-2)20(15-39-26)18-9-7-6-8-10-18/h4,6-12,14-15,17H,1,5,13,16H2,2-3H3,(H,31,35). The van der Waals surface area contributed by atoms with E-state index in [0.29, 0.717) is 33.7 Å². The molecule has 12 heteroatoms. The first-order valence-corrected chi connectivity index (χ1v) is 14.1. The van der Waals surface area contributed by atoms with Gasteiger partial charge in [0.25, 0.3) is 0 Å². The number of nitrogens with one attached hydrogen (secondary N) is 1. The second kappa shape index (κ2) is 13.4. The Bertz CT molecular complexity index is 1510. The molecule has 2 aromatic carbocycles. The molecule has 1 unspecified atom stereocenters. The normalized spacial score (nSPS) is 11.6. The molecule has 0 bridgehead atoms. The number of carbonyl (C=O) groups is 2. The molecule has 1 atom stereocenters. The lowest BCUT2D eigenvalue weighted by Crippen LogP contribution is -2.17. The number of benzene rings is 2. The van der Waals surface area contributed by atoms with E-state index in [2.05, 4.69) is 22.1 Å². The van der Waals surface area contributed by atoms with E-state index in [0.717, 1.165) is 29.5 Å². The molecule has 0 radical (unpaired) electrons. The number of nitrogens with zero attached hydrogens (tertiary/aromatic N) is 3. The summed E-state index contributed by atoms with van der Waals surface area (Å²) < 4.78 is 39.9. The van der Waals surface area contributed by atoms with Crippen molar-refractivity contribution in [2.75, 3.05) is 17.7 Å². The molecule has 2 heterocycles. The molecule has 4 rings (SSSR count). The molecule has 208 valence electrons. The summed E-state index contributed by atoms with van der Waals surface area (Å²) in [6.45, 7) is 7.64. The van der Waals surface area contributed by atoms with Gasteiger partial charge in [-0.2, -0.15) is 0 Å². The third-order valence-electron chi connectivity index (χ3n) is 5.56. The van der Waals surface area contributed by atoms with Crippen LogP contribution in [0, 0.1) is 11.6 Å². The quantitative estimate of drug-likeness (QED) is 0.115. The topological polar surface area (TPSA) is 95.3 Å². The number of aromatic nitrogens is 3. The third-order valence-corrected chi connectivity index (χ3v) is 7.42. The highest BCUT2D eigenvalue weighted by atomic mass is 32.2. The van der Waals surface area contributed by atoms with Crippen molar-refractivity contribution >= 4 is 40.0 Å². The number of carbonyl (C=O) groups excluding carboxylic acids is 2. The van der Waals surface area contributed by atoms with Crippen LogP contribution in [0.15, 0.2) is 71.7 Å². The Morgan fingerprint density at radius 2 is 1.98 bits per heavy atom. The van der Waals surface area contributed by atoms with Crippen molar-refractivity contribution in [3.8, 4) is 16.9 Å². The Kier molecular flexibility index (Phi) is 9.67. The first-order chi connectivity index (χ1) is 19.3. The van der Waals surface area contributed by atoms with Gasteiger partial charge in [0, 0.05) is 23.6 Å². The van der Waals surface area contributed by atoms with Crippen molar-refractivity contribution in [2.45, 2.75) is 31.7 Å². The molecule has 1 N–H and O–H groups in total. The summed E-state index contributed by atoms with van der Waals surface area (Å²) >= 11 is 2.37. The largest absolute Gasteiger partial charge is 0.480 e. The van der Waals surface area contributed by atoms with Crippen LogP contribution in [0.4, 0.5) is 13.8 Å². The minimum absolute atomic E-state index is 0.0298. The van der Waals surface area contributed by atoms with Crippen LogP contribution in [-0.4, -0.2) is 39.0 Å². The summed E-state index contributed by atoms with van der Waals surface area (Å²) in [5, 5.41) is 13.8. The van der Waals surface area contributed by atoms with E-state index in [-0.39, 0.29) is 24.0 Å². The summed E-state index contributed by atoms with van der Waals surface area (Å²) in [6.07, 6.45) is 0.898. The lowest BCUT2D eigenvalue weighted by molar-refractivity contribution is -0.113. The number of allylic oxidation sites excluding steroid dienone is 1. The molecule has 0 spiro atoms. The van der Waals surface area contributed by atoms with Crippen LogP contribution in [-0.2, 0) is 16.1 Å². The number of amides is 1. The number of esters is 1. The lowest BCUT2D eigenvalue weighted by Gasteiger charge is -2.16. The van der Waals surface area contributed by atoms with Crippen LogP contribution >= 0.6 is 23.1 Å². The van der Waals surface area contributed by atoms with E-state index >= 15 is 0 Å². The van der Waals surface area contributed by atoms with Crippen LogP contribution in [0.2, 0.25) is 0 Å². The molecular weight excluding hydrogens is 558 g/mol. The number of ether oxygens (including phenoxy) is 2. The number of hydrogen-bond acceptors (Lipinski definition) is 8. The smallest absolute Gasteiger partial charge is 0.341 e. The summed E-state index contributed by atoms with van der Waals surface area (Å²) in [5.74, 6) is -2.20. The summed E-state index contributed by atoms with van der Waals surface area (Å²) in [4.78, 5) is 25.7. The van der Waals surface area contributed by atoms with Gasteiger partial charge in [0.15, 0.2) is 28.7 Å². The fraction of sp³-hybridized carbons (Fsp3) is 0.214. The maximum absolute atomic E-state index is 14.1. The van der Waals surface area contributed by atoms with Gasteiger partial charge in [-0.3, -0.25) is 9.36 Å². The predicted molar refractivity (Wildman–Crippen MR) is 151 cm³/mol. The van der Waals surface area contributed by atoms with Crippen LogP contribution in [0.5, 0.6) is 5.75 Å². The molecular formula is C28H26F2N4O4S2. The van der Waals surface area contributed by atoms with Crippen LogP contribution < -0.4 is 10.1 Å². The summed E-state index contributed by atoms with van der Waals surface area (Å²) in [7, 11) is 0. The number of thiophene rings is 1. The highest BCUT2D eigenvalue weighted by Crippen LogP contribution is 2.36. The monoisotopic (exact) mass is 584 g/mol. The molecule has 0 saturated carbocycles. The first kappa shape index (κ1) is 29.0. The van der Waals surface area contributed by atoms with Crippen molar-refractivity contribution in [2.24, 2.45) is 0 Å². The van der Waals surface area contributed by atoms with Gasteiger partial charge in [0.1, 0.15) is 16.4 Å². The average Bonchev–Trinajstić information content (AvgIpc) is 3.54. The maximum atomic E-state index is 14.1. The first-order valence-electron chi connectivity index (χ1n) is 12.2. The van der Waals surface area contributed by atoms with E-state index in [1.54, 1.807) is 24.5 Å². The molecule has 0 fully saturated rings. The molecule has 1 amide bonds. The Morgan fingerprint density at radius 3 is 2.67 bits per heavy atom. The Labute approximate surface area is 238 Å². The summed E-state index contributed by atoms with van der Waals surface area (Å²) in [6, 6.07) is 12.4. The Balaban J connectivity index is 1.48. The van der Waals surface area contributed by atoms with E-state index in [4.69, 9.17) is 9.47 Å². The molecule has 40 heavy (non-hydrogen) atoms. The minimum Gasteiger partial charge on any atom is -0.480 e. The number of thioether (sulfide) groups is 1. The Morgan fingerprint density at radius 1 is 1.20 bits per heavy atom. The second-order valence-corrected chi connectivity index (χ2v) is 10.2. The van der Waals surface area contributed by atoms with E-state index in [1.165, 1.54) is 17.4 Å². The predicted octanol–water partition coefficient (Wildman–Crippen LogP) is 6.52. The average molecular weight is 585 g/mol. The highest BCUT2D eigenvalue weighted by molar-refractivity contribution is 7.99. The van der Waals surface area contributed by atoms with Gasteiger partial charge < -0.3 is 14.8 Å². The number of rotatable bonds is 12. The van der Waals surface area contributed by atoms with Gasteiger partial charge in [-0.1, -0.05) is 48.2 Å². The van der Waals surface area contributed by atoms with Gasteiger partial charge in [-0.25, -0.2) is 13.6 Å². The van der Waals surface area contributed by atoms with Gasteiger partial charge in [0.2, 0.25) is 5.91 Å². The summed E-state index contributed by atoms with van der Waals surface area (Å²) in [5.41, 5.74) is 1.81. The van der Waals surface area contributed by atoms with Crippen LogP contribution in [0.25, 0.3) is 11.1 Å². The lowest BCUT2D eigenvalue weighted by atomic mass is 10.0. The molecule has 2 aromatic heterocycles. The van der Waals surface area contributed by atoms with Gasteiger partial charge in [-0.05, 0) is 31.5 Å². The minimum atomic E-state index is -0.834. The van der Waals surface area contributed by atoms with Crippen molar-refractivity contribution in [3.05, 3.63) is 89.6 Å². The fourth-order valence-corrected chi connectivity index (χ4v) is 5.53. The van der Waals surface area contributed by atoms with E-state index in [9.17, 15) is 18.4 Å². The number of halogens is 2. The van der Waals surface area contributed by atoms with Crippen molar-refractivity contribution < 1.29 is 27.8 Å². The van der Waals surface area contributed by atoms with Crippen LogP contribution in [0.3, 0.4) is 0 Å². The van der Waals surface area contributed by atoms with Crippen LogP contribution in [0.1, 0.15) is 36.1 Å². The second-order valence-electron chi connectivity index (χ2n) is 8.35. The molecule has 8 nitrogen and oxygen atoms in total. The maximum Gasteiger partial charge on any atom is 0.341 e. The molecule has 0 aliphatic carbocycles. The molecule has 0 aliphatic heterocycles. The third kappa shape index (κ3) is 6.75. The van der Waals surface area contributed by atoms with Crippen molar-refractivity contribution in [1.82, 2.24) is 14.8 Å². The van der Waals surface area contributed by atoms with Gasteiger partial charge >= 0.3 is 5.97 Å². The van der Waals surface area contributed by atoms with Gasteiger partial charge in [-0.15, -0.1) is 28.1 Å². The fourth-order valence-electron chi connectivity index (χ4n) is 3.80. The molecule has 0 saturated heterocycles. The van der Waals surface area contributed by atoms with E-state index in [1.807, 2.05) is 35.7 Å². The highest BCUT2D eigenvalue weighted by Gasteiger charge is 2.24. The SMILES string of the molecule is C=CCn1c(SCC(=O)Nc2scc(-c3ccccc3)c2C(=O)OCC)nnc1C(C)Oc1ccc(F)cc1F. The molecule has 4 aromatic rings. The number of hydrogen-bond donors (Lipinski definition) is 1. The molecule has 0 aliphatic rings. The van der Waals surface area contributed by atoms with E-state index < -0.39 is 23.7 Å². The zero-order valence-electron chi connectivity index (χ0n) is 21.7. The number of anilines is 1.